The highest BCUT2D eigenvalue weighted by Gasteiger charge is 2.23. The highest BCUT2D eigenvalue weighted by Crippen LogP contribution is 2.31. The molecule has 1 aromatic carbocycles. The molecule has 28 heavy (non-hydrogen) atoms. The van der Waals surface area contributed by atoms with E-state index >= 15 is 0 Å². The lowest BCUT2D eigenvalue weighted by Crippen LogP contribution is -2.33. The smallest absolute Gasteiger partial charge is 0.263 e. The Morgan fingerprint density at radius 2 is 2.04 bits per heavy atom. The maximum atomic E-state index is 13.3. The highest BCUT2D eigenvalue weighted by atomic mass is 32.1. The van der Waals surface area contributed by atoms with Gasteiger partial charge in [-0.05, 0) is 24.1 Å². The third-order valence-electron chi connectivity index (χ3n) is 4.36. The molecule has 4 aromatic rings. The van der Waals surface area contributed by atoms with Crippen molar-refractivity contribution >= 4 is 43.9 Å². The molecule has 3 aromatic heterocycles. The van der Waals surface area contributed by atoms with Crippen LogP contribution in [0.3, 0.4) is 0 Å². The number of carbonyl (C=O) groups excluding carboxylic acids is 1. The topological polar surface area (TPSA) is 76.9 Å². The van der Waals surface area contributed by atoms with Crippen molar-refractivity contribution in [2.75, 3.05) is 5.32 Å². The largest absolute Gasteiger partial charge is 0.300 e. The maximum Gasteiger partial charge on any atom is 0.263 e. The van der Waals surface area contributed by atoms with Crippen molar-refractivity contribution in [2.24, 2.45) is 0 Å². The predicted molar refractivity (Wildman–Crippen MR) is 109 cm³/mol. The van der Waals surface area contributed by atoms with Gasteiger partial charge in [-0.1, -0.05) is 19.1 Å². The Hall–Kier alpha value is -2.91. The summed E-state index contributed by atoms with van der Waals surface area (Å²) in [5.41, 5.74) is 1.11. The van der Waals surface area contributed by atoms with Crippen LogP contribution in [0.5, 0.6) is 0 Å². The lowest BCUT2D eigenvalue weighted by Gasteiger charge is -2.16. The number of amides is 1. The summed E-state index contributed by atoms with van der Waals surface area (Å²) in [4.78, 5) is 34.9. The van der Waals surface area contributed by atoms with E-state index < -0.39 is 6.04 Å². The van der Waals surface area contributed by atoms with Gasteiger partial charge in [-0.3, -0.25) is 14.2 Å². The Bertz CT molecular complexity index is 1180. The Balaban J connectivity index is 1.78. The van der Waals surface area contributed by atoms with Gasteiger partial charge in [0.15, 0.2) is 5.13 Å². The first-order chi connectivity index (χ1) is 13.6. The second-order valence-electron chi connectivity index (χ2n) is 6.04. The summed E-state index contributed by atoms with van der Waals surface area (Å²) in [6, 6.07) is 5.24. The van der Waals surface area contributed by atoms with Gasteiger partial charge in [0.1, 0.15) is 16.7 Å². The first-order valence-corrected chi connectivity index (χ1v) is 10.3. The number of thiazole rings is 1. The van der Waals surface area contributed by atoms with Crippen molar-refractivity contribution in [3.05, 3.63) is 63.7 Å². The number of rotatable bonds is 5. The van der Waals surface area contributed by atoms with Crippen LogP contribution in [0.2, 0.25) is 0 Å². The minimum Gasteiger partial charge on any atom is -0.300 e. The molecule has 9 heteroatoms. The van der Waals surface area contributed by atoms with Crippen molar-refractivity contribution in [1.82, 2.24) is 14.5 Å². The van der Waals surface area contributed by atoms with Gasteiger partial charge in [0.2, 0.25) is 5.91 Å². The van der Waals surface area contributed by atoms with Crippen molar-refractivity contribution in [1.29, 1.82) is 0 Å². The molecule has 0 spiro atoms. The van der Waals surface area contributed by atoms with Crippen LogP contribution in [0, 0.1) is 5.82 Å². The van der Waals surface area contributed by atoms with Crippen LogP contribution in [-0.4, -0.2) is 20.4 Å². The number of hydrogen-bond acceptors (Lipinski definition) is 6. The molecular weight excluding hydrogens is 399 g/mol. The molecule has 0 saturated heterocycles. The third-order valence-corrected chi connectivity index (χ3v) is 5.94. The molecule has 0 radical (unpaired) electrons. The fourth-order valence-electron chi connectivity index (χ4n) is 2.99. The van der Waals surface area contributed by atoms with Crippen molar-refractivity contribution in [3.63, 3.8) is 0 Å². The van der Waals surface area contributed by atoms with Crippen LogP contribution < -0.4 is 10.9 Å². The summed E-state index contributed by atoms with van der Waals surface area (Å²) < 4.78 is 14.6. The molecular formula is C19H15FN4O2S2. The summed E-state index contributed by atoms with van der Waals surface area (Å²) in [5, 5.41) is 7.23. The maximum absolute atomic E-state index is 13.3. The van der Waals surface area contributed by atoms with E-state index in [1.807, 2.05) is 12.3 Å². The molecule has 0 fully saturated rings. The van der Waals surface area contributed by atoms with E-state index in [0.717, 1.165) is 5.56 Å². The fraction of sp³-hybridized carbons (Fsp3) is 0.158. The van der Waals surface area contributed by atoms with E-state index in [2.05, 4.69) is 15.3 Å². The molecule has 0 bridgehead atoms. The zero-order valence-corrected chi connectivity index (χ0v) is 16.4. The third kappa shape index (κ3) is 3.34. The molecule has 1 atom stereocenters. The van der Waals surface area contributed by atoms with Gasteiger partial charge in [0.25, 0.3) is 5.56 Å². The van der Waals surface area contributed by atoms with Gasteiger partial charge in [0, 0.05) is 22.5 Å². The number of hydrogen-bond donors (Lipinski definition) is 1. The van der Waals surface area contributed by atoms with Gasteiger partial charge in [-0.15, -0.1) is 22.7 Å². The summed E-state index contributed by atoms with van der Waals surface area (Å²) in [6.45, 7) is 1.83. The van der Waals surface area contributed by atoms with Crippen molar-refractivity contribution < 1.29 is 9.18 Å². The molecule has 0 aliphatic rings. The van der Waals surface area contributed by atoms with E-state index in [9.17, 15) is 14.0 Å². The number of aromatic nitrogens is 3. The lowest BCUT2D eigenvalue weighted by molar-refractivity contribution is -0.119. The molecule has 6 nitrogen and oxygen atoms in total. The Kier molecular flexibility index (Phi) is 5.01. The van der Waals surface area contributed by atoms with E-state index in [0.29, 0.717) is 27.3 Å². The number of nitrogens with zero attached hydrogens (tertiary/aromatic N) is 3. The molecule has 142 valence electrons. The van der Waals surface area contributed by atoms with Gasteiger partial charge < -0.3 is 5.32 Å². The Morgan fingerprint density at radius 1 is 1.25 bits per heavy atom. The summed E-state index contributed by atoms with van der Waals surface area (Å²) in [7, 11) is 0. The zero-order chi connectivity index (χ0) is 19.7. The van der Waals surface area contributed by atoms with Crippen molar-refractivity contribution in [2.45, 2.75) is 19.4 Å². The number of carbonyl (C=O) groups is 1. The molecule has 0 aliphatic heterocycles. The number of halogens is 1. The summed E-state index contributed by atoms with van der Waals surface area (Å²) in [6.07, 6.45) is 3.42. The van der Waals surface area contributed by atoms with Crippen LogP contribution in [-0.2, 0) is 4.79 Å². The van der Waals surface area contributed by atoms with Crippen LogP contribution >= 0.6 is 22.7 Å². The summed E-state index contributed by atoms with van der Waals surface area (Å²) >= 11 is 2.65. The summed E-state index contributed by atoms with van der Waals surface area (Å²) in [5.74, 6) is -0.664. The molecule has 3 heterocycles. The lowest BCUT2D eigenvalue weighted by atomic mass is 10.1. The van der Waals surface area contributed by atoms with Gasteiger partial charge in [0.05, 0.1) is 11.7 Å². The number of anilines is 1. The molecule has 1 amide bonds. The molecule has 0 aliphatic carbocycles. The predicted octanol–water partition coefficient (Wildman–Crippen LogP) is 4.31. The first kappa shape index (κ1) is 18.5. The van der Waals surface area contributed by atoms with Gasteiger partial charge in [-0.2, -0.15) is 0 Å². The number of nitrogens with one attached hydrogen (secondary N) is 1. The quantitative estimate of drug-likeness (QED) is 0.528. The average molecular weight is 414 g/mol. The fourth-order valence-corrected chi connectivity index (χ4v) is 4.43. The van der Waals surface area contributed by atoms with Crippen LogP contribution in [0.15, 0.2) is 52.3 Å². The molecule has 0 saturated carbocycles. The van der Waals surface area contributed by atoms with Crippen LogP contribution in [0.4, 0.5) is 9.52 Å². The zero-order valence-electron chi connectivity index (χ0n) is 14.8. The van der Waals surface area contributed by atoms with E-state index in [-0.39, 0.29) is 17.3 Å². The van der Waals surface area contributed by atoms with Crippen LogP contribution in [0.25, 0.3) is 21.3 Å². The Labute approximate surface area is 167 Å². The second kappa shape index (κ2) is 7.61. The van der Waals surface area contributed by atoms with E-state index in [1.54, 1.807) is 23.7 Å². The van der Waals surface area contributed by atoms with E-state index in [1.165, 1.54) is 45.7 Å². The van der Waals surface area contributed by atoms with Crippen LogP contribution in [0.1, 0.15) is 19.4 Å². The van der Waals surface area contributed by atoms with Gasteiger partial charge >= 0.3 is 0 Å². The Morgan fingerprint density at radius 3 is 2.71 bits per heavy atom. The second-order valence-corrected chi connectivity index (χ2v) is 7.80. The molecule has 1 unspecified atom stereocenters. The molecule has 4 rings (SSSR count). The highest BCUT2D eigenvalue weighted by molar-refractivity contribution is 7.17. The first-order valence-electron chi connectivity index (χ1n) is 8.53. The molecule has 1 N–H and O–H groups in total. The monoisotopic (exact) mass is 414 g/mol. The number of thiophene rings is 1. The standard InChI is InChI=1S/C19H15FN4O2S2/c1-2-14(16(25)23-19-21-7-8-27-19)24-10-22-17-15(18(24)26)13(9-28-17)11-3-5-12(20)6-4-11/h3-10,14H,2H2,1H3,(H,21,23,25). The van der Waals surface area contributed by atoms with Crippen molar-refractivity contribution in [3.8, 4) is 11.1 Å². The number of fused-ring (bicyclic) bond motifs is 1. The SMILES string of the molecule is CCC(C(=O)Nc1nccs1)n1cnc2scc(-c3ccc(F)cc3)c2c1=O. The average Bonchev–Trinajstić information content (AvgIpc) is 3.35. The number of benzene rings is 1. The minimum atomic E-state index is -0.714. The minimum absolute atomic E-state index is 0.299. The van der Waals surface area contributed by atoms with E-state index in [4.69, 9.17) is 0 Å². The van der Waals surface area contributed by atoms with Gasteiger partial charge in [-0.25, -0.2) is 14.4 Å². The normalized spacial score (nSPS) is 12.2.